The molecule has 0 saturated heterocycles. The van der Waals surface area contributed by atoms with E-state index in [2.05, 4.69) is 30.4 Å². The normalized spacial score (nSPS) is 23.9. The van der Waals surface area contributed by atoms with E-state index < -0.39 is 0 Å². The van der Waals surface area contributed by atoms with Crippen LogP contribution in [0.25, 0.3) is 0 Å². The highest BCUT2D eigenvalue weighted by molar-refractivity contribution is 5.38. The van der Waals surface area contributed by atoms with Crippen LogP contribution in [0, 0.1) is 5.41 Å². The molecule has 1 aromatic rings. The van der Waals surface area contributed by atoms with Crippen LogP contribution in [0.15, 0.2) is 18.2 Å². The molecule has 1 atom stereocenters. The van der Waals surface area contributed by atoms with Crippen molar-refractivity contribution in [1.29, 1.82) is 0 Å². The van der Waals surface area contributed by atoms with Crippen LogP contribution in [-0.2, 0) is 12.8 Å². The molecule has 0 amide bonds. The van der Waals surface area contributed by atoms with Gasteiger partial charge in [0.15, 0.2) is 0 Å². The summed E-state index contributed by atoms with van der Waals surface area (Å²) in [4.78, 5) is 0. The summed E-state index contributed by atoms with van der Waals surface area (Å²) in [6.45, 7) is 3.47. The second-order valence-corrected chi connectivity index (χ2v) is 5.15. The van der Waals surface area contributed by atoms with Crippen molar-refractivity contribution in [3.8, 4) is 5.75 Å². The van der Waals surface area contributed by atoms with Crippen molar-refractivity contribution in [2.24, 2.45) is 5.41 Å². The van der Waals surface area contributed by atoms with Crippen LogP contribution >= 0.6 is 0 Å². The Hall–Kier alpha value is -1.02. The minimum absolute atomic E-state index is 0.413. The molecule has 0 spiro atoms. The Balaban J connectivity index is 2.21. The van der Waals surface area contributed by atoms with Gasteiger partial charge in [-0.3, -0.25) is 0 Å². The van der Waals surface area contributed by atoms with Crippen LogP contribution in [0.4, 0.5) is 0 Å². The van der Waals surface area contributed by atoms with Gasteiger partial charge in [-0.15, -0.1) is 0 Å². The fraction of sp³-hybridized carbons (Fsp3) is 0.571. The number of methoxy groups -OCH3 is 1. The lowest BCUT2D eigenvalue weighted by atomic mass is 9.73. The molecule has 0 aliphatic heterocycles. The molecule has 1 aromatic carbocycles. The van der Waals surface area contributed by atoms with E-state index in [1.807, 2.05) is 7.05 Å². The average molecular weight is 219 g/mol. The zero-order valence-corrected chi connectivity index (χ0v) is 10.5. The van der Waals surface area contributed by atoms with Gasteiger partial charge < -0.3 is 10.1 Å². The lowest BCUT2D eigenvalue weighted by Crippen LogP contribution is -2.35. The van der Waals surface area contributed by atoms with E-state index in [-0.39, 0.29) is 0 Å². The van der Waals surface area contributed by atoms with Crippen LogP contribution in [0.5, 0.6) is 5.75 Å². The number of ether oxygens (including phenoxy) is 1. The Kier molecular flexibility index (Phi) is 3.20. The van der Waals surface area contributed by atoms with Crippen molar-refractivity contribution in [3.63, 3.8) is 0 Å². The lowest BCUT2D eigenvalue weighted by molar-refractivity contribution is 0.271. The van der Waals surface area contributed by atoms with Gasteiger partial charge in [0.25, 0.3) is 0 Å². The molecule has 0 saturated carbocycles. The largest absolute Gasteiger partial charge is 0.497 e. The molecule has 1 unspecified atom stereocenters. The molecule has 0 bridgehead atoms. The first kappa shape index (κ1) is 11.5. The van der Waals surface area contributed by atoms with Gasteiger partial charge in [-0.1, -0.05) is 13.0 Å². The summed E-state index contributed by atoms with van der Waals surface area (Å²) < 4.78 is 5.27. The molecule has 0 radical (unpaired) electrons. The summed E-state index contributed by atoms with van der Waals surface area (Å²) in [6.07, 6.45) is 3.60. The summed E-state index contributed by atoms with van der Waals surface area (Å²) in [5.74, 6) is 0.982. The van der Waals surface area contributed by atoms with Gasteiger partial charge in [0.1, 0.15) is 5.75 Å². The Morgan fingerprint density at radius 2 is 2.19 bits per heavy atom. The maximum atomic E-state index is 5.27. The molecule has 2 rings (SSSR count). The number of hydrogen-bond donors (Lipinski definition) is 1. The predicted octanol–water partition coefficient (Wildman–Crippen LogP) is 2.41. The first-order chi connectivity index (χ1) is 7.67. The van der Waals surface area contributed by atoms with E-state index in [0.717, 1.165) is 12.3 Å². The highest BCUT2D eigenvalue weighted by atomic mass is 16.5. The number of aryl methyl sites for hydroxylation is 1. The molecule has 16 heavy (non-hydrogen) atoms. The monoisotopic (exact) mass is 219 g/mol. The first-order valence-electron chi connectivity index (χ1n) is 5.97. The molecule has 88 valence electrons. The van der Waals surface area contributed by atoms with Gasteiger partial charge in [0, 0.05) is 6.54 Å². The van der Waals surface area contributed by atoms with E-state index in [0.29, 0.717) is 5.41 Å². The fourth-order valence-electron chi connectivity index (χ4n) is 2.70. The molecule has 1 N–H and O–H groups in total. The minimum atomic E-state index is 0.413. The maximum Gasteiger partial charge on any atom is 0.119 e. The van der Waals surface area contributed by atoms with Crippen LogP contribution in [0.3, 0.4) is 0 Å². The number of hydrogen-bond acceptors (Lipinski definition) is 2. The van der Waals surface area contributed by atoms with Crippen molar-refractivity contribution < 1.29 is 4.74 Å². The smallest absolute Gasteiger partial charge is 0.119 e. The van der Waals surface area contributed by atoms with Crippen LogP contribution in [0.1, 0.15) is 24.5 Å². The van der Waals surface area contributed by atoms with Crippen molar-refractivity contribution in [2.75, 3.05) is 20.7 Å². The van der Waals surface area contributed by atoms with E-state index in [4.69, 9.17) is 4.74 Å². The van der Waals surface area contributed by atoms with Crippen LogP contribution < -0.4 is 10.1 Å². The van der Waals surface area contributed by atoms with Gasteiger partial charge in [-0.25, -0.2) is 0 Å². The van der Waals surface area contributed by atoms with E-state index in [1.165, 1.54) is 30.4 Å². The van der Waals surface area contributed by atoms with E-state index in [1.54, 1.807) is 7.11 Å². The van der Waals surface area contributed by atoms with Gasteiger partial charge in [-0.05, 0) is 55.0 Å². The Morgan fingerprint density at radius 1 is 1.38 bits per heavy atom. The second kappa shape index (κ2) is 4.46. The molecule has 2 nitrogen and oxygen atoms in total. The minimum Gasteiger partial charge on any atom is -0.497 e. The van der Waals surface area contributed by atoms with E-state index in [9.17, 15) is 0 Å². The quantitative estimate of drug-likeness (QED) is 0.843. The zero-order chi connectivity index (χ0) is 11.6. The first-order valence-corrected chi connectivity index (χ1v) is 5.97. The van der Waals surface area contributed by atoms with Gasteiger partial charge in [0.05, 0.1) is 7.11 Å². The van der Waals surface area contributed by atoms with Gasteiger partial charge in [-0.2, -0.15) is 0 Å². The van der Waals surface area contributed by atoms with Crippen LogP contribution in [-0.4, -0.2) is 20.7 Å². The molecular weight excluding hydrogens is 198 g/mol. The highest BCUT2D eigenvalue weighted by Gasteiger charge is 2.29. The Bertz CT molecular complexity index is 375. The molecule has 1 aliphatic carbocycles. The Morgan fingerprint density at radius 3 is 2.88 bits per heavy atom. The van der Waals surface area contributed by atoms with Crippen molar-refractivity contribution >= 4 is 0 Å². The maximum absolute atomic E-state index is 5.27. The lowest BCUT2D eigenvalue weighted by Gasteiger charge is -2.35. The molecule has 0 aromatic heterocycles. The summed E-state index contributed by atoms with van der Waals surface area (Å²) in [7, 11) is 3.77. The van der Waals surface area contributed by atoms with Crippen LogP contribution in [0.2, 0.25) is 0 Å². The summed E-state index contributed by atoms with van der Waals surface area (Å²) in [5.41, 5.74) is 3.37. The standard InChI is InChI=1S/C14H21NO/c1-14(10-15-2)7-6-11-8-13(16-3)5-4-12(11)9-14/h4-5,8,15H,6-7,9-10H2,1-3H3. The third-order valence-electron chi connectivity index (χ3n) is 3.63. The molecular formula is C14H21NO. The fourth-order valence-corrected chi connectivity index (χ4v) is 2.70. The number of rotatable bonds is 3. The molecule has 1 aliphatic rings. The SMILES string of the molecule is CNCC1(C)CCc2cc(OC)ccc2C1. The molecule has 0 heterocycles. The second-order valence-electron chi connectivity index (χ2n) is 5.15. The predicted molar refractivity (Wildman–Crippen MR) is 67.1 cm³/mol. The average Bonchev–Trinajstić information content (AvgIpc) is 2.28. The topological polar surface area (TPSA) is 21.3 Å². The molecule has 2 heteroatoms. The Labute approximate surface area is 98.0 Å². The summed E-state index contributed by atoms with van der Waals surface area (Å²) in [5, 5.41) is 3.31. The third-order valence-corrected chi connectivity index (χ3v) is 3.63. The summed E-state index contributed by atoms with van der Waals surface area (Å²) in [6, 6.07) is 6.49. The highest BCUT2D eigenvalue weighted by Crippen LogP contribution is 2.36. The van der Waals surface area contributed by atoms with Crippen molar-refractivity contribution in [1.82, 2.24) is 5.32 Å². The third kappa shape index (κ3) is 2.22. The zero-order valence-electron chi connectivity index (χ0n) is 10.5. The van der Waals surface area contributed by atoms with Gasteiger partial charge >= 0.3 is 0 Å². The van der Waals surface area contributed by atoms with E-state index >= 15 is 0 Å². The van der Waals surface area contributed by atoms with Crippen molar-refractivity contribution in [3.05, 3.63) is 29.3 Å². The number of benzene rings is 1. The molecule has 0 fully saturated rings. The summed E-state index contributed by atoms with van der Waals surface area (Å²) >= 11 is 0. The van der Waals surface area contributed by atoms with Gasteiger partial charge in [0.2, 0.25) is 0 Å². The van der Waals surface area contributed by atoms with Crippen molar-refractivity contribution in [2.45, 2.75) is 26.2 Å². The number of fused-ring (bicyclic) bond motifs is 1. The number of nitrogens with one attached hydrogen (secondary N) is 1.